The van der Waals surface area contributed by atoms with Crippen LogP contribution in [0.1, 0.15) is 6.42 Å². The molecule has 0 aromatic heterocycles. The molecule has 0 aliphatic carbocycles. The first-order chi connectivity index (χ1) is 7.01. The fraction of sp³-hybridized carbons (Fsp3) is 0.625. The molecule has 3 N–H and O–H groups in total. The highest BCUT2D eigenvalue weighted by molar-refractivity contribution is 8.14. The summed E-state index contributed by atoms with van der Waals surface area (Å²) in [6.45, 7) is 0.625. The fourth-order valence-corrected chi connectivity index (χ4v) is 2.44. The predicted octanol–water partition coefficient (Wildman–Crippen LogP) is -1.46. The molecule has 0 spiro atoms. The zero-order valence-corrected chi connectivity index (χ0v) is 8.79. The SMILES string of the molecule is NC(=O)C1(O)CCN(C2=NC(=O)CS2)C1. The van der Waals surface area contributed by atoms with E-state index in [1.807, 2.05) is 0 Å². The smallest absolute Gasteiger partial charge is 0.258 e. The topological polar surface area (TPSA) is 96.0 Å². The highest BCUT2D eigenvalue weighted by Gasteiger charge is 2.43. The number of amidine groups is 1. The summed E-state index contributed by atoms with van der Waals surface area (Å²) in [5.41, 5.74) is 3.61. The molecule has 0 bridgehead atoms. The third kappa shape index (κ3) is 1.84. The summed E-state index contributed by atoms with van der Waals surface area (Å²) in [5, 5.41) is 10.4. The molecule has 2 heterocycles. The first-order valence-corrected chi connectivity index (χ1v) is 5.51. The molecule has 7 heteroatoms. The van der Waals surface area contributed by atoms with Crippen molar-refractivity contribution in [1.29, 1.82) is 0 Å². The van der Waals surface area contributed by atoms with E-state index in [9.17, 15) is 14.7 Å². The van der Waals surface area contributed by atoms with Crippen molar-refractivity contribution in [3.8, 4) is 0 Å². The van der Waals surface area contributed by atoms with Crippen LogP contribution in [-0.4, -0.2) is 51.4 Å². The maximum atomic E-state index is 11.0. The van der Waals surface area contributed by atoms with Gasteiger partial charge in [-0.3, -0.25) is 9.59 Å². The summed E-state index contributed by atoms with van der Waals surface area (Å²) in [6, 6.07) is 0. The van der Waals surface area contributed by atoms with Crippen LogP contribution in [0, 0.1) is 0 Å². The lowest BCUT2D eigenvalue weighted by Crippen LogP contribution is -2.46. The molecule has 1 atom stereocenters. The molecule has 82 valence electrons. The van der Waals surface area contributed by atoms with Gasteiger partial charge in [0.15, 0.2) is 10.8 Å². The number of nitrogens with zero attached hydrogens (tertiary/aromatic N) is 2. The van der Waals surface area contributed by atoms with Crippen molar-refractivity contribution in [3.05, 3.63) is 0 Å². The molecule has 0 radical (unpaired) electrons. The van der Waals surface area contributed by atoms with Crippen LogP contribution in [0.3, 0.4) is 0 Å². The van der Waals surface area contributed by atoms with Gasteiger partial charge in [0.25, 0.3) is 11.8 Å². The van der Waals surface area contributed by atoms with Crippen molar-refractivity contribution in [2.45, 2.75) is 12.0 Å². The van der Waals surface area contributed by atoms with Crippen molar-refractivity contribution >= 4 is 28.7 Å². The molecule has 1 fully saturated rings. The maximum Gasteiger partial charge on any atom is 0.258 e. The second-order valence-electron chi connectivity index (χ2n) is 3.64. The first kappa shape index (κ1) is 10.4. The molecule has 1 saturated heterocycles. The Morgan fingerprint density at radius 2 is 2.40 bits per heavy atom. The zero-order chi connectivity index (χ0) is 11.1. The molecule has 2 rings (SSSR count). The van der Waals surface area contributed by atoms with Crippen LogP contribution in [-0.2, 0) is 9.59 Å². The minimum Gasteiger partial charge on any atom is -0.378 e. The van der Waals surface area contributed by atoms with Crippen molar-refractivity contribution < 1.29 is 14.7 Å². The molecule has 0 aromatic carbocycles. The van der Waals surface area contributed by atoms with Crippen LogP contribution in [0.2, 0.25) is 0 Å². The number of β-amino-alcohol motifs (C(OH)–C–C–N with tert-alkyl or cyclic N) is 1. The molecular weight excluding hydrogens is 218 g/mol. The van der Waals surface area contributed by atoms with E-state index < -0.39 is 11.5 Å². The summed E-state index contributed by atoms with van der Waals surface area (Å²) in [5.74, 6) is -0.565. The number of aliphatic imine (C=N–C) groups is 1. The summed E-state index contributed by atoms with van der Waals surface area (Å²) >= 11 is 1.32. The Kier molecular flexibility index (Phi) is 2.43. The van der Waals surface area contributed by atoms with Crippen LogP contribution in [0.5, 0.6) is 0 Å². The fourth-order valence-electron chi connectivity index (χ4n) is 1.62. The third-order valence-corrected chi connectivity index (χ3v) is 3.52. The zero-order valence-electron chi connectivity index (χ0n) is 7.97. The molecule has 2 aliphatic rings. The summed E-state index contributed by atoms with van der Waals surface area (Å²) in [6.07, 6.45) is 0.288. The lowest BCUT2D eigenvalue weighted by Gasteiger charge is -2.20. The van der Waals surface area contributed by atoms with Crippen LogP contribution in [0.4, 0.5) is 0 Å². The molecule has 2 aliphatic heterocycles. The third-order valence-electron chi connectivity index (χ3n) is 2.52. The lowest BCUT2D eigenvalue weighted by molar-refractivity contribution is -0.134. The first-order valence-electron chi connectivity index (χ1n) is 4.53. The number of thioether (sulfide) groups is 1. The number of aliphatic hydroxyl groups is 1. The largest absolute Gasteiger partial charge is 0.378 e. The number of nitrogens with two attached hydrogens (primary N) is 1. The normalized spacial score (nSPS) is 30.9. The number of amides is 2. The van der Waals surface area contributed by atoms with Crippen LogP contribution >= 0.6 is 11.8 Å². The number of likely N-dealkylation sites (tertiary alicyclic amines) is 1. The number of primary amides is 1. The Morgan fingerprint density at radius 1 is 1.67 bits per heavy atom. The Morgan fingerprint density at radius 3 is 2.87 bits per heavy atom. The summed E-state index contributed by atoms with van der Waals surface area (Å²) in [4.78, 5) is 27.4. The van der Waals surface area contributed by atoms with Gasteiger partial charge in [0.05, 0.1) is 12.3 Å². The van der Waals surface area contributed by atoms with Gasteiger partial charge in [-0.2, -0.15) is 4.99 Å². The van der Waals surface area contributed by atoms with E-state index in [-0.39, 0.29) is 18.9 Å². The summed E-state index contributed by atoms with van der Waals surface area (Å²) in [7, 11) is 0. The average molecular weight is 229 g/mol. The van der Waals surface area contributed by atoms with Gasteiger partial charge in [-0.1, -0.05) is 11.8 Å². The minimum absolute atomic E-state index is 0.126. The quantitative estimate of drug-likeness (QED) is 0.572. The molecule has 15 heavy (non-hydrogen) atoms. The lowest BCUT2D eigenvalue weighted by atomic mass is 10.0. The average Bonchev–Trinajstić information content (AvgIpc) is 2.73. The standard InChI is InChI=1S/C8H11N3O3S/c9-6(13)8(14)1-2-11(4-8)7-10-5(12)3-15-7/h14H,1-4H2,(H2,9,13). The highest BCUT2D eigenvalue weighted by atomic mass is 32.2. The van der Waals surface area contributed by atoms with Gasteiger partial charge in [-0.05, 0) is 0 Å². The van der Waals surface area contributed by atoms with Crippen LogP contribution in [0.25, 0.3) is 0 Å². The van der Waals surface area contributed by atoms with Gasteiger partial charge in [0, 0.05) is 13.0 Å². The van der Waals surface area contributed by atoms with Crippen molar-refractivity contribution in [2.75, 3.05) is 18.8 Å². The van der Waals surface area contributed by atoms with E-state index in [1.165, 1.54) is 11.8 Å². The Hall–Kier alpha value is -1.08. The van der Waals surface area contributed by atoms with Crippen LogP contribution < -0.4 is 5.73 Å². The van der Waals surface area contributed by atoms with E-state index in [0.29, 0.717) is 17.5 Å². The van der Waals surface area contributed by atoms with E-state index in [2.05, 4.69) is 4.99 Å². The van der Waals surface area contributed by atoms with Crippen LogP contribution in [0.15, 0.2) is 4.99 Å². The Bertz CT molecular complexity index is 357. The Labute approximate surface area is 90.5 Å². The van der Waals surface area contributed by atoms with E-state index in [1.54, 1.807) is 4.90 Å². The highest BCUT2D eigenvalue weighted by Crippen LogP contribution is 2.26. The van der Waals surface area contributed by atoms with Gasteiger partial charge in [-0.15, -0.1) is 0 Å². The number of hydrogen-bond donors (Lipinski definition) is 2. The second kappa shape index (κ2) is 3.49. The molecular formula is C8H11N3O3S. The maximum absolute atomic E-state index is 11.0. The van der Waals surface area contributed by atoms with E-state index in [0.717, 1.165) is 0 Å². The Balaban J connectivity index is 2.07. The number of carbonyl (C=O) groups is 2. The van der Waals surface area contributed by atoms with Gasteiger partial charge >= 0.3 is 0 Å². The van der Waals surface area contributed by atoms with Crippen molar-refractivity contribution in [2.24, 2.45) is 10.7 Å². The predicted molar refractivity (Wildman–Crippen MR) is 55.2 cm³/mol. The monoisotopic (exact) mass is 229 g/mol. The van der Waals surface area contributed by atoms with Gasteiger partial charge < -0.3 is 15.7 Å². The minimum atomic E-state index is -1.48. The molecule has 0 saturated carbocycles. The van der Waals surface area contributed by atoms with E-state index >= 15 is 0 Å². The molecule has 2 amide bonds. The van der Waals surface area contributed by atoms with Crippen molar-refractivity contribution in [3.63, 3.8) is 0 Å². The molecule has 6 nitrogen and oxygen atoms in total. The summed E-state index contributed by atoms with van der Waals surface area (Å²) < 4.78 is 0. The molecule has 0 aromatic rings. The number of rotatable bonds is 1. The van der Waals surface area contributed by atoms with Gasteiger partial charge in [0.2, 0.25) is 0 Å². The number of hydrogen-bond acceptors (Lipinski definition) is 5. The van der Waals surface area contributed by atoms with Crippen molar-refractivity contribution in [1.82, 2.24) is 4.90 Å². The van der Waals surface area contributed by atoms with E-state index in [4.69, 9.17) is 5.73 Å². The van der Waals surface area contributed by atoms with Gasteiger partial charge in [0.1, 0.15) is 0 Å². The second-order valence-corrected chi connectivity index (χ2v) is 4.59. The van der Waals surface area contributed by atoms with Gasteiger partial charge in [-0.25, -0.2) is 0 Å². The molecule has 1 unspecified atom stereocenters. The number of carbonyl (C=O) groups excluding carboxylic acids is 2.